The van der Waals surface area contributed by atoms with Gasteiger partial charge in [0.1, 0.15) is 18.6 Å². The van der Waals surface area contributed by atoms with Crippen molar-refractivity contribution in [1.82, 2.24) is 5.32 Å². The standard InChI is InChI=1S/C49H98N6O3.C2HF3O2/c1-5-7-9-11-13-15-17-19-21-23-25-27-29-31-33-35-42-57-45-46(44-55(3,4)41-40-53-47(48(50)56)38-37-39-54-49(51)52)58-43-36-34-32-30-28-26-24-22-20-18-16-14-12-10-8-6-2;3-2(4,5)1(6)7/h19-22,46-47,53H,5-18,23-45H2,1-4H3,(H5-,50,51,52,54,56);(H,6,7)/b21-19-,22-20-;/t46?,47-;/m0./s1. The third-order valence-corrected chi connectivity index (χ3v) is 11.4. The van der Waals surface area contributed by atoms with Gasteiger partial charge in [-0.3, -0.25) is 9.79 Å². The van der Waals surface area contributed by atoms with Crippen LogP contribution in [0.1, 0.15) is 206 Å². The maximum absolute atomic E-state index is 12.1. The summed E-state index contributed by atoms with van der Waals surface area (Å²) in [4.78, 5) is 24.9. The molecular weight excluding hydrogens is 834 g/mol. The number of likely N-dealkylation sites (N-methyl/N-ethyl adjacent to an activating group) is 1. The first kappa shape index (κ1) is 64.4. The third kappa shape index (κ3) is 50.6. The summed E-state index contributed by atoms with van der Waals surface area (Å²) < 4.78 is 45.0. The van der Waals surface area contributed by atoms with E-state index in [0.717, 1.165) is 43.6 Å². The molecular formula is C51H99F3N6O5. The van der Waals surface area contributed by atoms with Crippen molar-refractivity contribution in [3.8, 4) is 0 Å². The van der Waals surface area contributed by atoms with Gasteiger partial charge in [-0.2, -0.15) is 13.2 Å². The minimum absolute atomic E-state index is 0.0405. The van der Waals surface area contributed by atoms with Crippen LogP contribution in [-0.4, -0.2) is 101 Å². The number of primary amides is 1. The Labute approximate surface area is 395 Å². The molecule has 0 saturated carbocycles. The highest BCUT2D eigenvalue weighted by atomic mass is 19.4. The zero-order chi connectivity index (χ0) is 48.7. The number of ether oxygens (including phenoxy) is 2. The highest BCUT2D eigenvalue weighted by molar-refractivity contribution is 5.79. The van der Waals surface area contributed by atoms with Crippen LogP contribution >= 0.6 is 0 Å². The second kappa shape index (κ2) is 46.4. The van der Waals surface area contributed by atoms with Crippen molar-refractivity contribution in [3.63, 3.8) is 0 Å². The largest absolute Gasteiger partial charge is 0.542 e. The number of carbonyl (C=O) groups is 2. The summed E-state index contributed by atoms with van der Waals surface area (Å²) in [6.07, 6.45) is 42.4. The van der Waals surface area contributed by atoms with Gasteiger partial charge in [0, 0.05) is 26.3 Å². The number of guanidine groups is 1. The van der Waals surface area contributed by atoms with Crippen LogP contribution in [-0.2, 0) is 19.1 Å². The van der Waals surface area contributed by atoms with Crippen LogP contribution in [0.15, 0.2) is 29.3 Å². The normalized spacial score (nSPS) is 13.0. The number of rotatable bonds is 46. The summed E-state index contributed by atoms with van der Waals surface area (Å²) in [5.74, 6) is -3.28. The highest BCUT2D eigenvalue weighted by Gasteiger charge is 2.29. The van der Waals surface area contributed by atoms with Crippen LogP contribution in [0.4, 0.5) is 13.2 Å². The van der Waals surface area contributed by atoms with Gasteiger partial charge >= 0.3 is 6.18 Å². The number of aliphatic carboxylic acids is 1. The van der Waals surface area contributed by atoms with Crippen LogP contribution in [0.25, 0.3) is 0 Å². The molecule has 0 aromatic heterocycles. The molecule has 0 bridgehead atoms. The fraction of sp³-hybridized carbons (Fsp3) is 0.863. The van der Waals surface area contributed by atoms with Crippen molar-refractivity contribution in [2.45, 2.75) is 225 Å². The van der Waals surface area contributed by atoms with Crippen LogP contribution in [0.2, 0.25) is 0 Å². The maximum atomic E-state index is 12.1. The van der Waals surface area contributed by atoms with E-state index in [2.05, 4.69) is 62.6 Å². The number of amides is 1. The third-order valence-electron chi connectivity index (χ3n) is 11.4. The maximum Gasteiger partial charge on any atom is 0.430 e. The van der Waals surface area contributed by atoms with E-state index in [1.165, 1.54) is 167 Å². The summed E-state index contributed by atoms with van der Waals surface area (Å²) in [6.45, 7) is 9.64. The Kier molecular flexibility index (Phi) is 46.0. The molecule has 0 aromatic carbocycles. The summed E-state index contributed by atoms with van der Waals surface area (Å²) >= 11 is 0. The molecule has 0 radical (unpaired) electrons. The minimum Gasteiger partial charge on any atom is -0.542 e. The number of hydrogen-bond donors (Lipinski definition) is 4. The Morgan fingerprint density at radius 3 is 1.45 bits per heavy atom. The van der Waals surface area contributed by atoms with Gasteiger partial charge in [0.25, 0.3) is 0 Å². The average molecular weight is 933 g/mol. The van der Waals surface area contributed by atoms with E-state index in [0.29, 0.717) is 32.5 Å². The summed E-state index contributed by atoms with van der Waals surface area (Å²) in [5, 5.41) is 12.1. The number of unbranched alkanes of at least 4 members (excludes halogenated alkanes) is 24. The zero-order valence-corrected chi connectivity index (χ0v) is 41.9. The Hall–Kier alpha value is -2.68. The van der Waals surface area contributed by atoms with Crippen molar-refractivity contribution >= 4 is 17.8 Å². The predicted molar refractivity (Wildman–Crippen MR) is 263 cm³/mol. The predicted octanol–water partition coefficient (Wildman–Crippen LogP) is 10.3. The molecule has 2 atom stereocenters. The van der Waals surface area contributed by atoms with Gasteiger partial charge in [0.15, 0.2) is 5.96 Å². The van der Waals surface area contributed by atoms with E-state index in [1.54, 1.807) is 0 Å². The molecule has 7 N–H and O–H groups in total. The van der Waals surface area contributed by atoms with Gasteiger partial charge in [0.05, 0.1) is 33.3 Å². The number of quaternary nitrogens is 1. The van der Waals surface area contributed by atoms with Crippen LogP contribution in [0, 0.1) is 0 Å². The van der Waals surface area contributed by atoms with E-state index in [9.17, 15) is 18.0 Å². The summed E-state index contributed by atoms with van der Waals surface area (Å²) in [7, 11) is 4.45. The Bertz CT molecular complexity index is 1170. The fourth-order valence-electron chi connectivity index (χ4n) is 7.45. The van der Waals surface area contributed by atoms with Gasteiger partial charge in [-0.05, 0) is 77.0 Å². The second-order valence-electron chi connectivity index (χ2n) is 18.4. The van der Waals surface area contributed by atoms with E-state index in [-0.39, 0.29) is 18.0 Å². The molecule has 0 saturated heterocycles. The number of aliphatic imine (C=N–C) groups is 1. The van der Waals surface area contributed by atoms with Crippen molar-refractivity contribution in [3.05, 3.63) is 24.3 Å². The van der Waals surface area contributed by atoms with Gasteiger partial charge in [-0.25, -0.2) is 0 Å². The lowest BCUT2D eigenvalue weighted by atomic mass is 10.1. The number of carbonyl (C=O) groups excluding carboxylic acids is 2. The number of nitrogens with two attached hydrogens (primary N) is 3. The number of nitrogens with zero attached hydrogens (tertiary/aromatic N) is 2. The van der Waals surface area contributed by atoms with Crippen molar-refractivity contribution < 1.29 is 41.8 Å². The van der Waals surface area contributed by atoms with Crippen molar-refractivity contribution in [2.24, 2.45) is 22.2 Å². The minimum atomic E-state index is -5.19. The van der Waals surface area contributed by atoms with Crippen LogP contribution in [0.3, 0.4) is 0 Å². The fourth-order valence-corrected chi connectivity index (χ4v) is 7.45. The number of carboxylic acids is 1. The molecule has 0 aliphatic heterocycles. The number of carboxylic acid groups (broad SMARTS) is 1. The number of allylic oxidation sites excluding steroid dienone is 4. The molecule has 0 aliphatic rings. The lowest BCUT2D eigenvalue weighted by molar-refractivity contribution is -0.892. The van der Waals surface area contributed by atoms with Crippen LogP contribution < -0.4 is 27.6 Å². The van der Waals surface area contributed by atoms with E-state index < -0.39 is 18.2 Å². The van der Waals surface area contributed by atoms with Gasteiger partial charge < -0.3 is 46.4 Å². The van der Waals surface area contributed by atoms with E-state index in [4.69, 9.17) is 36.6 Å². The number of halogens is 3. The van der Waals surface area contributed by atoms with Gasteiger partial charge in [0.2, 0.25) is 5.91 Å². The quantitative estimate of drug-likeness (QED) is 0.0153. The molecule has 0 heterocycles. The first-order valence-corrected chi connectivity index (χ1v) is 25.8. The molecule has 0 fully saturated rings. The first-order valence-electron chi connectivity index (χ1n) is 25.8. The Balaban J connectivity index is 0. The number of nitrogens with one attached hydrogen (secondary N) is 1. The molecule has 11 nitrogen and oxygen atoms in total. The van der Waals surface area contributed by atoms with Crippen molar-refractivity contribution in [2.75, 3.05) is 60.1 Å². The summed E-state index contributed by atoms with van der Waals surface area (Å²) in [5.41, 5.74) is 16.5. The lowest BCUT2D eigenvalue weighted by Gasteiger charge is -2.34. The summed E-state index contributed by atoms with van der Waals surface area (Å²) in [6, 6.07) is -0.396. The molecule has 14 heteroatoms. The highest BCUT2D eigenvalue weighted by Crippen LogP contribution is 2.14. The molecule has 0 aliphatic carbocycles. The molecule has 1 unspecified atom stereocenters. The second-order valence-corrected chi connectivity index (χ2v) is 18.4. The smallest absolute Gasteiger partial charge is 0.430 e. The molecule has 0 spiro atoms. The molecule has 65 heavy (non-hydrogen) atoms. The van der Waals surface area contributed by atoms with Gasteiger partial charge in [-0.15, -0.1) is 0 Å². The lowest BCUT2D eigenvalue weighted by Crippen LogP contribution is -2.52. The zero-order valence-electron chi connectivity index (χ0n) is 41.9. The molecule has 384 valence electrons. The topological polar surface area (TPSA) is 178 Å². The Morgan fingerprint density at radius 2 is 1.05 bits per heavy atom. The monoisotopic (exact) mass is 933 g/mol. The Morgan fingerprint density at radius 1 is 0.646 bits per heavy atom. The number of hydrogen-bond acceptors (Lipinski definition) is 7. The average Bonchev–Trinajstić information content (AvgIpc) is 3.24. The number of alkyl halides is 3. The van der Waals surface area contributed by atoms with Crippen LogP contribution in [0.5, 0.6) is 0 Å². The van der Waals surface area contributed by atoms with E-state index in [1.807, 2.05) is 0 Å². The SMILES string of the molecule is CCCCCCCC/C=C\CCCCCCCCOCC(C[N+](C)(C)CCN[C@@H](CCCN=C(N)N)C(N)=O)OCCCCCCCC/C=C\CCCCCCCC.O=C([O-])C(F)(F)F. The molecule has 0 rings (SSSR count). The first-order chi connectivity index (χ1) is 31.2. The van der Waals surface area contributed by atoms with Crippen molar-refractivity contribution in [1.29, 1.82) is 0 Å². The van der Waals surface area contributed by atoms with E-state index >= 15 is 0 Å². The molecule has 1 amide bonds. The van der Waals surface area contributed by atoms with Gasteiger partial charge in [-0.1, -0.05) is 154 Å². The molecule has 0 aromatic rings.